The van der Waals surface area contributed by atoms with Gasteiger partial charge in [-0.3, -0.25) is 4.79 Å². The Morgan fingerprint density at radius 1 is 0.906 bits per heavy atom. The highest BCUT2D eigenvalue weighted by molar-refractivity contribution is 7.99. The molecule has 32 heavy (non-hydrogen) atoms. The van der Waals surface area contributed by atoms with Gasteiger partial charge in [-0.15, -0.1) is 0 Å². The number of carbonyl (C=O) groups is 1. The van der Waals surface area contributed by atoms with E-state index in [0.29, 0.717) is 36.9 Å². The molecule has 0 bridgehead atoms. The second-order valence-electron chi connectivity index (χ2n) is 7.11. The maximum Gasteiger partial charge on any atom is 0.234 e. The van der Waals surface area contributed by atoms with E-state index in [1.807, 2.05) is 11.0 Å². The summed E-state index contributed by atoms with van der Waals surface area (Å²) in [5, 5.41) is 3.14. The third kappa shape index (κ3) is 5.31. The van der Waals surface area contributed by atoms with Crippen molar-refractivity contribution in [3.63, 3.8) is 0 Å². The van der Waals surface area contributed by atoms with Crippen molar-refractivity contribution in [2.24, 2.45) is 0 Å². The smallest absolute Gasteiger partial charge is 0.234 e. The van der Waals surface area contributed by atoms with Gasteiger partial charge in [-0.05, 0) is 24.3 Å². The fourth-order valence-electron chi connectivity index (χ4n) is 3.38. The molecule has 0 atom stereocenters. The molecular weight excluding hydrogens is 439 g/mol. The van der Waals surface area contributed by atoms with Crippen molar-refractivity contribution in [1.29, 1.82) is 0 Å². The number of carbonyl (C=O) groups excluding carboxylic acids is 1. The molecule has 2 heterocycles. The van der Waals surface area contributed by atoms with Gasteiger partial charge < -0.3 is 15.1 Å². The number of nitrogens with zero attached hydrogens (tertiary/aromatic N) is 4. The molecule has 4 rings (SSSR count). The van der Waals surface area contributed by atoms with Crippen molar-refractivity contribution in [1.82, 2.24) is 9.97 Å². The minimum atomic E-state index is -1.02. The first-order valence-electron chi connectivity index (χ1n) is 9.94. The molecule has 1 fully saturated rings. The first kappa shape index (κ1) is 21.9. The molecule has 0 aliphatic carbocycles. The van der Waals surface area contributed by atoms with E-state index in [0.717, 1.165) is 18.0 Å². The Labute approximate surface area is 187 Å². The number of hydrogen-bond donors (Lipinski definition) is 1. The van der Waals surface area contributed by atoms with Crippen LogP contribution in [0.4, 0.5) is 30.4 Å². The molecule has 0 radical (unpaired) electrons. The van der Waals surface area contributed by atoms with Gasteiger partial charge in [-0.1, -0.05) is 23.9 Å². The monoisotopic (exact) mass is 459 g/mol. The van der Waals surface area contributed by atoms with Crippen LogP contribution in [0.15, 0.2) is 59.9 Å². The van der Waals surface area contributed by atoms with Crippen LogP contribution >= 0.6 is 11.8 Å². The lowest BCUT2D eigenvalue weighted by molar-refractivity contribution is -0.113. The maximum atomic E-state index is 14.0. The van der Waals surface area contributed by atoms with Crippen LogP contribution in [0.3, 0.4) is 0 Å². The Balaban J connectivity index is 1.31. The summed E-state index contributed by atoms with van der Waals surface area (Å²) in [6, 6.07) is 11.7. The van der Waals surface area contributed by atoms with Crippen molar-refractivity contribution in [2.45, 2.75) is 5.03 Å². The number of piperazine rings is 1. The van der Waals surface area contributed by atoms with Gasteiger partial charge in [0.15, 0.2) is 11.6 Å². The number of para-hydroxylation sites is 1. The van der Waals surface area contributed by atoms with Crippen LogP contribution in [-0.2, 0) is 4.79 Å². The van der Waals surface area contributed by atoms with Crippen LogP contribution in [0.25, 0.3) is 0 Å². The molecule has 2 aromatic carbocycles. The van der Waals surface area contributed by atoms with Crippen molar-refractivity contribution < 1.29 is 18.0 Å². The lowest BCUT2D eigenvalue weighted by Crippen LogP contribution is -2.47. The molecular formula is C22H20F3N5OS. The van der Waals surface area contributed by atoms with Crippen LogP contribution in [0.2, 0.25) is 0 Å². The van der Waals surface area contributed by atoms with E-state index in [4.69, 9.17) is 0 Å². The lowest BCUT2D eigenvalue weighted by atomic mass is 10.2. The van der Waals surface area contributed by atoms with E-state index < -0.39 is 11.6 Å². The summed E-state index contributed by atoms with van der Waals surface area (Å²) in [7, 11) is 0. The van der Waals surface area contributed by atoms with E-state index in [1.165, 1.54) is 30.2 Å². The third-order valence-electron chi connectivity index (χ3n) is 4.98. The first-order chi connectivity index (χ1) is 15.5. The Hall–Kier alpha value is -3.27. The normalized spacial score (nSPS) is 13.8. The number of amides is 1. The predicted octanol–water partition coefficient (Wildman–Crippen LogP) is 3.95. The van der Waals surface area contributed by atoms with Gasteiger partial charge in [0.25, 0.3) is 0 Å². The van der Waals surface area contributed by atoms with Crippen LogP contribution in [0.1, 0.15) is 0 Å². The Morgan fingerprint density at radius 2 is 1.66 bits per heavy atom. The number of anilines is 3. The van der Waals surface area contributed by atoms with Gasteiger partial charge in [0.2, 0.25) is 5.91 Å². The number of thioether (sulfide) groups is 1. The maximum absolute atomic E-state index is 14.0. The van der Waals surface area contributed by atoms with Crippen LogP contribution in [0, 0.1) is 17.5 Å². The zero-order chi connectivity index (χ0) is 22.5. The van der Waals surface area contributed by atoms with E-state index in [2.05, 4.69) is 20.2 Å². The fraction of sp³-hybridized carbons (Fsp3) is 0.227. The molecule has 10 heteroatoms. The quantitative estimate of drug-likeness (QED) is 0.445. The Bertz CT molecular complexity index is 1110. The van der Waals surface area contributed by atoms with E-state index in [1.54, 1.807) is 18.2 Å². The number of aromatic nitrogens is 2. The Kier molecular flexibility index (Phi) is 6.79. The summed E-state index contributed by atoms with van der Waals surface area (Å²) < 4.78 is 40.3. The van der Waals surface area contributed by atoms with E-state index >= 15 is 0 Å². The third-order valence-corrected chi connectivity index (χ3v) is 5.90. The Morgan fingerprint density at radius 3 is 2.41 bits per heavy atom. The summed E-state index contributed by atoms with van der Waals surface area (Å²) in [6.07, 6.45) is 1.44. The van der Waals surface area contributed by atoms with Gasteiger partial charge in [-0.25, -0.2) is 23.1 Å². The second kappa shape index (κ2) is 9.90. The number of benzene rings is 2. The van der Waals surface area contributed by atoms with Crippen molar-refractivity contribution >= 4 is 34.9 Å². The van der Waals surface area contributed by atoms with Gasteiger partial charge in [0.05, 0.1) is 11.4 Å². The number of hydrogen-bond acceptors (Lipinski definition) is 6. The average molecular weight is 459 g/mol. The van der Waals surface area contributed by atoms with Crippen LogP contribution < -0.4 is 15.1 Å². The average Bonchev–Trinajstić information content (AvgIpc) is 2.81. The first-order valence-corrected chi connectivity index (χ1v) is 10.9. The highest BCUT2D eigenvalue weighted by atomic mass is 32.2. The SMILES string of the molecule is O=C(CSc1cc(N2CCN(c3ccccc3F)CC2)ncn1)Nc1ccc(F)c(F)c1. The molecule has 6 nitrogen and oxygen atoms in total. The number of nitrogens with one attached hydrogen (secondary N) is 1. The summed E-state index contributed by atoms with van der Waals surface area (Å²) in [5.41, 5.74) is 0.781. The molecule has 166 valence electrons. The van der Waals surface area contributed by atoms with Crippen LogP contribution in [0.5, 0.6) is 0 Å². The summed E-state index contributed by atoms with van der Waals surface area (Å²) in [6.45, 7) is 2.66. The lowest BCUT2D eigenvalue weighted by Gasteiger charge is -2.36. The van der Waals surface area contributed by atoms with Crippen molar-refractivity contribution in [2.75, 3.05) is 47.0 Å². The number of rotatable bonds is 6. The molecule has 0 unspecified atom stereocenters. The van der Waals surface area contributed by atoms with Gasteiger partial charge in [0.1, 0.15) is 23.0 Å². The van der Waals surface area contributed by atoms with Gasteiger partial charge in [-0.2, -0.15) is 0 Å². The van der Waals surface area contributed by atoms with Crippen molar-refractivity contribution in [3.8, 4) is 0 Å². The van der Waals surface area contributed by atoms with E-state index in [9.17, 15) is 18.0 Å². The fourth-order valence-corrected chi connectivity index (χ4v) is 4.04. The molecule has 1 aliphatic heterocycles. The molecule has 1 aliphatic rings. The second-order valence-corrected chi connectivity index (χ2v) is 8.10. The van der Waals surface area contributed by atoms with Gasteiger partial charge >= 0.3 is 0 Å². The minimum Gasteiger partial charge on any atom is -0.366 e. The molecule has 1 amide bonds. The molecule has 1 aromatic heterocycles. The highest BCUT2D eigenvalue weighted by Crippen LogP contribution is 2.24. The molecule has 0 spiro atoms. The molecule has 1 saturated heterocycles. The van der Waals surface area contributed by atoms with Crippen LogP contribution in [-0.4, -0.2) is 47.8 Å². The minimum absolute atomic E-state index is 0.0521. The molecule has 0 saturated carbocycles. The zero-order valence-electron chi connectivity index (χ0n) is 17.0. The van der Waals surface area contributed by atoms with Gasteiger partial charge in [0, 0.05) is 44.0 Å². The molecule has 1 N–H and O–H groups in total. The topological polar surface area (TPSA) is 61.4 Å². The summed E-state index contributed by atoms with van der Waals surface area (Å²) in [5.74, 6) is -1.80. The largest absolute Gasteiger partial charge is 0.366 e. The summed E-state index contributed by atoms with van der Waals surface area (Å²) >= 11 is 1.22. The molecule has 3 aromatic rings. The highest BCUT2D eigenvalue weighted by Gasteiger charge is 2.20. The van der Waals surface area contributed by atoms with Crippen molar-refractivity contribution in [3.05, 3.63) is 72.3 Å². The number of halogens is 3. The standard InChI is InChI=1S/C22H20F3N5OS/c23-16-6-5-15(11-18(16)25)28-21(31)13-32-22-12-20(26-14-27-22)30-9-7-29(8-10-30)19-4-2-1-3-17(19)24/h1-6,11-12,14H,7-10,13H2,(H,28,31). The zero-order valence-corrected chi connectivity index (χ0v) is 17.8. The van der Waals surface area contributed by atoms with E-state index in [-0.39, 0.29) is 23.2 Å². The predicted molar refractivity (Wildman–Crippen MR) is 119 cm³/mol. The summed E-state index contributed by atoms with van der Waals surface area (Å²) in [4.78, 5) is 24.7.